The van der Waals surface area contributed by atoms with Gasteiger partial charge in [-0.15, -0.1) is 0 Å². The van der Waals surface area contributed by atoms with Crippen molar-refractivity contribution in [3.8, 4) is 0 Å². The summed E-state index contributed by atoms with van der Waals surface area (Å²) < 4.78 is 0. The third-order valence-corrected chi connectivity index (χ3v) is 6.05. The van der Waals surface area contributed by atoms with Gasteiger partial charge < -0.3 is 20.0 Å². The average Bonchev–Trinajstić information content (AvgIpc) is 2.72. The first-order valence-corrected chi connectivity index (χ1v) is 10.8. The van der Waals surface area contributed by atoms with Crippen molar-refractivity contribution in [1.29, 1.82) is 0 Å². The summed E-state index contributed by atoms with van der Waals surface area (Å²) in [6, 6.07) is 15.6. The molecule has 3 rings (SSSR count). The molecular formula is C23H31ClN4O2+2. The van der Waals surface area contributed by atoms with E-state index in [2.05, 4.69) is 36.5 Å². The van der Waals surface area contributed by atoms with Crippen molar-refractivity contribution >= 4 is 29.1 Å². The molecule has 6 nitrogen and oxygen atoms in total. The number of amides is 2. The number of quaternary nitrogens is 2. The number of anilines is 1. The van der Waals surface area contributed by atoms with Gasteiger partial charge in [-0.3, -0.25) is 9.59 Å². The summed E-state index contributed by atoms with van der Waals surface area (Å²) in [6.07, 6.45) is 0. The van der Waals surface area contributed by atoms with E-state index in [1.54, 1.807) is 36.2 Å². The second-order valence-corrected chi connectivity index (χ2v) is 8.47. The summed E-state index contributed by atoms with van der Waals surface area (Å²) in [6.45, 7) is 7.67. The van der Waals surface area contributed by atoms with Gasteiger partial charge in [-0.05, 0) is 24.6 Å². The quantitative estimate of drug-likeness (QED) is 0.580. The van der Waals surface area contributed by atoms with Gasteiger partial charge in [0, 0.05) is 12.6 Å². The number of benzene rings is 2. The van der Waals surface area contributed by atoms with Crippen LogP contribution in [0.15, 0.2) is 48.5 Å². The summed E-state index contributed by atoms with van der Waals surface area (Å²) in [5.74, 6) is -0.261. The fraction of sp³-hybridized carbons (Fsp3) is 0.391. The van der Waals surface area contributed by atoms with Crippen molar-refractivity contribution < 1.29 is 19.4 Å². The first kappa shape index (κ1) is 22.3. The molecule has 0 aromatic heterocycles. The molecule has 0 unspecified atom stereocenters. The van der Waals surface area contributed by atoms with E-state index in [9.17, 15) is 9.59 Å². The van der Waals surface area contributed by atoms with Crippen molar-refractivity contribution in [3.63, 3.8) is 0 Å². The zero-order valence-corrected chi connectivity index (χ0v) is 18.5. The lowest BCUT2D eigenvalue weighted by Crippen LogP contribution is -3.28. The van der Waals surface area contributed by atoms with Crippen LogP contribution in [0.25, 0.3) is 0 Å². The number of rotatable bonds is 7. The molecule has 0 spiro atoms. The van der Waals surface area contributed by atoms with Crippen molar-refractivity contribution in [2.75, 3.05) is 51.6 Å². The maximum atomic E-state index is 12.6. The summed E-state index contributed by atoms with van der Waals surface area (Å²) in [4.78, 5) is 29.2. The van der Waals surface area contributed by atoms with Gasteiger partial charge in [-0.2, -0.15) is 0 Å². The Morgan fingerprint density at radius 1 is 1.00 bits per heavy atom. The van der Waals surface area contributed by atoms with Crippen LogP contribution < -0.4 is 15.1 Å². The highest BCUT2D eigenvalue weighted by Crippen LogP contribution is 2.20. The van der Waals surface area contributed by atoms with Crippen molar-refractivity contribution in [3.05, 3.63) is 64.7 Å². The van der Waals surface area contributed by atoms with E-state index in [0.29, 0.717) is 17.3 Å². The maximum Gasteiger partial charge on any atom is 0.277 e. The molecule has 0 aliphatic carbocycles. The Hall–Kier alpha value is -2.41. The number of likely N-dealkylation sites (N-methyl/N-ethyl adjacent to an activating group) is 1. The van der Waals surface area contributed by atoms with Crippen LogP contribution in [-0.4, -0.2) is 63.0 Å². The molecule has 0 radical (unpaired) electrons. The molecule has 1 aliphatic rings. The summed E-state index contributed by atoms with van der Waals surface area (Å²) in [7, 11) is 1.67. The third kappa shape index (κ3) is 6.29. The Labute approximate surface area is 183 Å². The number of carbonyl (C=O) groups is 2. The van der Waals surface area contributed by atoms with Crippen LogP contribution in [0.1, 0.15) is 11.1 Å². The van der Waals surface area contributed by atoms with Crippen molar-refractivity contribution in [2.45, 2.75) is 13.5 Å². The Morgan fingerprint density at radius 2 is 1.63 bits per heavy atom. The number of nitrogens with one attached hydrogen (secondary N) is 3. The SMILES string of the molecule is Cc1ccccc1C[NH+]1CC[NH+](CC(=O)N(C)CC(=O)Nc2ccccc2Cl)CC1. The van der Waals surface area contributed by atoms with Gasteiger partial charge in [-0.1, -0.05) is 48.0 Å². The standard InChI is InChI=1S/C23H29ClN4O2/c1-18-7-3-4-8-19(18)15-27-11-13-28(14-12-27)17-23(30)26(2)16-22(29)25-21-10-6-5-9-20(21)24/h3-10H,11-17H2,1-2H3,(H,25,29)/p+2. The first-order valence-electron chi connectivity index (χ1n) is 10.4. The molecule has 160 valence electrons. The van der Waals surface area contributed by atoms with Gasteiger partial charge in [0.25, 0.3) is 5.91 Å². The lowest BCUT2D eigenvalue weighted by Gasteiger charge is -2.30. The number of carbonyl (C=O) groups excluding carboxylic acids is 2. The second-order valence-electron chi connectivity index (χ2n) is 8.06. The van der Waals surface area contributed by atoms with E-state index >= 15 is 0 Å². The number of hydrogen-bond donors (Lipinski definition) is 3. The van der Waals surface area contributed by atoms with Gasteiger partial charge in [0.15, 0.2) is 6.54 Å². The van der Waals surface area contributed by atoms with Gasteiger partial charge in [0.2, 0.25) is 5.91 Å². The molecular weight excluding hydrogens is 400 g/mol. The van der Waals surface area contributed by atoms with Crippen LogP contribution in [0.5, 0.6) is 0 Å². The smallest absolute Gasteiger partial charge is 0.277 e. The fourth-order valence-corrected chi connectivity index (χ4v) is 3.98. The first-order chi connectivity index (χ1) is 14.4. The molecule has 3 N–H and O–H groups in total. The molecule has 7 heteroatoms. The van der Waals surface area contributed by atoms with Crippen LogP contribution >= 0.6 is 11.6 Å². The molecule has 2 amide bonds. The minimum absolute atomic E-state index is 0.0123. The summed E-state index contributed by atoms with van der Waals surface area (Å²) in [5, 5.41) is 3.24. The number of piperazine rings is 1. The fourth-order valence-electron chi connectivity index (χ4n) is 3.79. The molecule has 2 aromatic rings. The van der Waals surface area contributed by atoms with Crippen LogP contribution in [0, 0.1) is 6.92 Å². The number of aryl methyl sites for hydroxylation is 1. The highest BCUT2D eigenvalue weighted by atomic mass is 35.5. The van der Waals surface area contributed by atoms with E-state index in [0.717, 1.165) is 32.7 Å². The lowest BCUT2D eigenvalue weighted by atomic mass is 10.1. The summed E-state index contributed by atoms with van der Waals surface area (Å²) >= 11 is 6.07. The van der Waals surface area contributed by atoms with Gasteiger partial charge in [0.05, 0.1) is 17.3 Å². The van der Waals surface area contributed by atoms with Gasteiger partial charge >= 0.3 is 0 Å². The zero-order chi connectivity index (χ0) is 21.5. The van der Waals surface area contributed by atoms with E-state index < -0.39 is 0 Å². The largest absolute Gasteiger partial charge is 0.332 e. The second kappa shape index (κ2) is 10.6. The normalized spacial score (nSPS) is 18.6. The van der Waals surface area contributed by atoms with Crippen molar-refractivity contribution in [2.24, 2.45) is 0 Å². The van der Waals surface area contributed by atoms with E-state index in [4.69, 9.17) is 11.6 Å². The highest BCUT2D eigenvalue weighted by molar-refractivity contribution is 6.33. The predicted octanol–water partition coefficient (Wildman–Crippen LogP) is 0.0289. The third-order valence-electron chi connectivity index (χ3n) is 5.72. The van der Waals surface area contributed by atoms with E-state index in [1.807, 2.05) is 0 Å². The van der Waals surface area contributed by atoms with Crippen LogP contribution in [-0.2, 0) is 16.1 Å². The Bertz CT molecular complexity index is 881. The van der Waals surface area contributed by atoms with Gasteiger partial charge in [0.1, 0.15) is 32.7 Å². The number of nitrogens with zero attached hydrogens (tertiary/aromatic N) is 1. The minimum Gasteiger partial charge on any atom is -0.332 e. The highest BCUT2D eigenvalue weighted by Gasteiger charge is 2.26. The number of hydrogen-bond acceptors (Lipinski definition) is 2. The summed E-state index contributed by atoms with van der Waals surface area (Å²) in [5.41, 5.74) is 3.30. The molecule has 2 aromatic carbocycles. The van der Waals surface area contributed by atoms with Crippen LogP contribution in [0.3, 0.4) is 0 Å². The molecule has 1 saturated heterocycles. The van der Waals surface area contributed by atoms with Crippen LogP contribution in [0.2, 0.25) is 5.02 Å². The maximum absolute atomic E-state index is 12.6. The number of para-hydroxylation sites is 1. The monoisotopic (exact) mass is 430 g/mol. The molecule has 1 aliphatic heterocycles. The topological polar surface area (TPSA) is 58.3 Å². The van der Waals surface area contributed by atoms with Crippen molar-refractivity contribution in [1.82, 2.24) is 4.90 Å². The molecule has 0 bridgehead atoms. The molecule has 0 saturated carbocycles. The zero-order valence-electron chi connectivity index (χ0n) is 17.7. The molecule has 1 heterocycles. The lowest BCUT2D eigenvalue weighted by molar-refractivity contribution is -1.02. The Balaban J connectivity index is 1.41. The van der Waals surface area contributed by atoms with E-state index in [-0.39, 0.29) is 18.4 Å². The Kier molecular flexibility index (Phi) is 7.85. The predicted molar refractivity (Wildman–Crippen MR) is 119 cm³/mol. The van der Waals surface area contributed by atoms with E-state index in [1.165, 1.54) is 20.9 Å². The molecule has 0 atom stereocenters. The van der Waals surface area contributed by atoms with Crippen LogP contribution in [0.4, 0.5) is 5.69 Å². The minimum atomic E-state index is -0.249. The molecule has 30 heavy (non-hydrogen) atoms. The average molecular weight is 431 g/mol. The van der Waals surface area contributed by atoms with Gasteiger partial charge in [-0.25, -0.2) is 0 Å². The Morgan fingerprint density at radius 3 is 2.33 bits per heavy atom. The molecule has 1 fully saturated rings. The number of halogens is 1.